The van der Waals surface area contributed by atoms with Gasteiger partial charge in [-0.3, -0.25) is 0 Å². The first-order chi connectivity index (χ1) is 13.5. The number of aliphatic hydroxyl groups is 4. The molecule has 2 aromatic rings. The summed E-state index contributed by atoms with van der Waals surface area (Å²) in [7, 11) is 0. The number of hydrogen-bond acceptors (Lipinski definition) is 6. The second-order valence-corrected chi connectivity index (χ2v) is 7.12. The highest BCUT2D eigenvalue weighted by Gasteiger charge is 2.44. The average Bonchev–Trinajstić information content (AvgIpc) is 2.73. The van der Waals surface area contributed by atoms with E-state index in [0.29, 0.717) is 17.5 Å². The Kier molecular flexibility index (Phi) is 6.45. The molecule has 1 fully saturated rings. The number of nitriles is 1. The molecular weight excluding hydrogens is 358 g/mol. The van der Waals surface area contributed by atoms with Crippen LogP contribution in [0.5, 0.6) is 0 Å². The Morgan fingerprint density at radius 1 is 0.964 bits per heavy atom. The standard InChI is InChI=1S/C22H25NO5/c1-2-13-3-5-14(6-4-13)9-17-10-15(7-8-16(17)11-23)22-21(27)20(26)19(25)18(12-24)28-22/h3-8,10,18-22,24-27H,2,9,12H2,1H3/t18?,19-,20?,21-,22+/m1/s1. The predicted molar refractivity (Wildman–Crippen MR) is 103 cm³/mol. The third-order valence-electron chi connectivity index (χ3n) is 5.30. The van der Waals surface area contributed by atoms with Crippen LogP contribution in [0.1, 0.15) is 40.8 Å². The number of nitrogens with zero attached hydrogens (tertiary/aromatic N) is 1. The van der Waals surface area contributed by atoms with E-state index in [1.807, 2.05) is 12.1 Å². The van der Waals surface area contributed by atoms with Gasteiger partial charge in [0.15, 0.2) is 0 Å². The summed E-state index contributed by atoms with van der Waals surface area (Å²) in [4.78, 5) is 0. The summed E-state index contributed by atoms with van der Waals surface area (Å²) in [5.41, 5.74) is 4.17. The van der Waals surface area contributed by atoms with Gasteiger partial charge in [-0.1, -0.05) is 43.3 Å². The Morgan fingerprint density at radius 2 is 1.64 bits per heavy atom. The van der Waals surface area contributed by atoms with Crippen LogP contribution in [-0.2, 0) is 17.6 Å². The molecule has 148 valence electrons. The van der Waals surface area contributed by atoms with Crippen molar-refractivity contribution in [3.8, 4) is 6.07 Å². The van der Waals surface area contributed by atoms with Crippen molar-refractivity contribution < 1.29 is 25.2 Å². The zero-order chi connectivity index (χ0) is 20.3. The monoisotopic (exact) mass is 383 g/mol. The van der Waals surface area contributed by atoms with Crippen molar-refractivity contribution in [1.82, 2.24) is 0 Å². The van der Waals surface area contributed by atoms with E-state index >= 15 is 0 Å². The Labute approximate surface area is 164 Å². The van der Waals surface area contributed by atoms with Crippen LogP contribution in [0.4, 0.5) is 0 Å². The first-order valence-corrected chi connectivity index (χ1v) is 9.39. The molecule has 2 unspecified atom stereocenters. The van der Waals surface area contributed by atoms with Gasteiger partial charge in [0.1, 0.15) is 30.5 Å². The summed E-state index contributed by atoms with van der Waals surface area (Å²) in [6.45, 7) is 1.61. The lowest BCUT2D eigenvalue weighted by Crippen LogP contribution is -2.55. The number of benzene rings is 2. The minimum Gasteiger partial charge on any atom is -0.394 e. The van der Waals surface area contributed by atoms with Gasteiger partial charge < -0.3 is 25.2 Å². The molecule has 28 heavy (non-hydrogen) atoms. The first-order valence-electron chi connectivity index (χ1n) is 9.39. The molecule has 0 spiro atoms. The second-order valence-electron chi connectivity index (χ2n) is 7.12. The van der Waals surface area contributed by atoms with E-state index in [9.17, 15) is 25.7 Å². The van der Waals surface area contributed by atoms with E-state index in [1.54, 1.807) is 18.2 Å². The van der Waals surface area contributed by atoms with Crippen LogP contribution in [0.25, 0.3) is 0 Å². The number of rotatable bonds is 5. The van der Waals surface area contributed by atoms with Crippen molar-refractivity contribution in [1.29, 1.82) is 5.26 Å². The molecule has 6 heteroatoms. The Morgan fingerprint density at radius 3 is 2.25 bits per heavy atom. The van der Waals surface area contributed by atoms with Gasteiger partial charge in [0.05, 0.1) is 18.2 Å². The highest BCUT2D eigenvalue weighted by molar-refractivity contribution is 5.44. The van der Waals surface area contributed by atoms with Crippen molar-refractivity contribution in [2.24, 2.45) is 0 Å². The smallest absolute Gasteiger partial charge is 0.113 e. The van der Waals surface area contributed by atoms with Crippen LogP contribution >= 0.6 is 0 Å². The van der Waals surface area contributed by atoms with Gasteiger partial charge in [-0.05, 0) is 41.2 Å². The lowest BCUT2D eigenvalue weighted by Gasteiger charge is -2.40. The van der Waals surface area contributed by atoms with Gasteiger partial charge in [-0.15, -0.1) is 0 Å². The maximum Gasteiger partial charge on any atom is 0.113 e. The Bertz CT molecular complexity index is 843. The van der Waals surface area contributed by atoms with Crippen molar-refractivity contribution >= 4 is 0 Å². The van der Waals surface area contributed by atoms with Crippen LogP contribution < -0.4 is 0 Å². The summed E-state index contributed by atoms with van der Waals surface area (Å²) in [6.07, 6.45) is -4.56. The number of aliphatic hydroxyl groups excluding tert-OH is 4. The van der Waals surface area contributed by atoms with Gasteiger partial charge in [-0.25, -0.2) is 0 Å². The molecule has 4 N–H and O–H groups in total. The minimum atomic E-state index is -1.43. The van der Waals surface area contributed by atoms with E-state index in [2.05, 4.69) is 25.1 Å². The third-order valence-corrected chi connectivity index (χ3v) is 5.30. The molecule has 1 aliphatic rings. The fourth-order valence-corrected chi connectivity index (χ4v) is 3.54. The maximum atomic E-state index is 10.4. The Balaban J connectivity index is 1.90. The van der Waals surface area contributed by atoms with E-state index in [1.165, 1.54) is 5.56 Å². The van der Waals surface area contributed by atoms with Gasteiger partial charge in [-0.2, -0.15) is 5.26 Å². The average molecular weight is 383 g/mol. The topological polar surface area (TPSA) is 114 Å². The maximum absolute atomic E-state index is 10.4. The molecule has 1 aliphatic heterocycles. The quantitative estimate of drug-likeness (QED) is 0.617. The van der Waals surface area contributed by atoms with Gasteiger partial charge in [0.2, 0.25) is 0 Å². The summed E-state index contributed by atoms with van der Waals surface area (Å²) in [5, 5.41) is 49.2. The van der Waals surface area contributed by atoms with Crippen LogP contribution in [0.3, 0.4) is 0 Å². The fourth-order valence-electron chi connectivity index (χ4n) is 3.54. The fraction of sp³-hybridized carbons (Fsp3) is 0.409. The predicted octanol–water partition coefficient (Wildman–Crippen LogP) is 1.23. The molecule has 1 saturated heterocycles. The van der Waals surface area contributed by atoms with Crippen molar-refractivity contribution in [2.75, 3.05) is 6.61 Å². The molecule has 0 aromatic heterocycles. The van der Waals surface area contributed by atoms with Gasteiger partial charge in [0, 0.05) is 0 Å². The molecule has 3 rings (SSSR count). The molecule has 6 nitrogen and oxygen atoms in total. The molecule has 0 bridgehead atoms. The SMILES string of the molecule is CCc1ccc(Cc2cc([C@@H]3OC(CO)[C@@H](O)C(O)[C@H]3O)ccc2C#N)cc1. The largest absolute Gasteiger partial charge is 0.394 e. The van der Waals surface area contributed by atoms with Crippen LogP contribution in [0.2, 0.25) is 0 Å². The summed E-state index contributed by atoms with van der Waals surface area (Å²) >= 11 is 0. The second kappa shape index (κ2) is 8.82. The van der Waals surface area contributed by atoms with Crippen LogP contribution in [0, 0.1) is 11.3 Å². The van der Waals surface area contributed by atoms with Gasteiger partial charge >= 0.3 is 0 Å². The molecular formula is C22H25NO5. The molecule has 1 heterocycles. The number of ether oxygens (including phenoxy) is 1. The molecule has 2 aromatic carbocycles. The van der Waals surface area contributed by atoms with E-state index in [-0.39, 0.29) is 0 Å². The van der Waals surface area contributed by atoms with Gasteiger partial charge in [0.25, 0.3) is 0 Å². The lowest BCUT2D eigenvalue weighted by molar-refractivity contribution is -0.231. The zero-order valence-corrected chi connectivity index (χ0v) is 15.7. The van der Waals surface area contributed by atoms with E-state index < -0.39 is 37.1 Å². The van der Waals surface area contributed by atoms with E-state index in [0.717, 1.165) is 17.5 Å². The van der Waals surface area contributed by atoms with Crippen LogP contribution in [0.15, 0.2) is 42.5 Å². The minimum absolute atomic E-state index is 0.478. The molecule has 0 saturated carbocycles. The number of aryl methyl sites for hydroxylation is 1. The normalized spacial score (nSPS) is 27.4. The summed E-state index contributed by atoms with van der Waals surface area (Å²) in [5.74, 6) is 0. The van der Waals surface area contributed by atoms with E-state index in [4.69, 9.17) is 4.74 Å². The van der Waals surface area contributed by atoms with Crippen molar-refractivity contribution in [3.05, 3.63) is 70.3 Å². The van der Waals surface area contributed by atoms with Crippen molar-refractivity contribution in [2.45, 2.75) is 50.3 Å². The molecule has 5 atom stereocenters. The summed E-state index contributed by atoms with van der Waals surface area (Å²) < 4.78 is 5.63. The van der Waals surface area contributed by atoms with Crippen LogP contribution in [-0.4, -0.2) is 51.4 Å². The number of hydrogen-bond donors (Lipinski definition) is 4. The molecule has 0 radical (unpaired) electrons. The lowest BCUT2D eigenvalue weighted by atomic mass is 9.89. The molecule has 0 aliphatic carbocycles. The highest BCUT2D eigenvalue weighted by Crippen LogP contribution is 2.33. The summed E-state index contributed by atoms with van der Waals surface area (Å²) in [6, 6.07) is 15.5. The first kappa shape index (κ1) is 20.5. The zero-order valence-electron chi connectivity index (χ0n) is 15.7. The Hall–Kier alpha value is -2.27. The molecule has 0 amide bonds. The highest BCUT2D eigenvalue weighted by atomic mass is 16.5. The van der Waals surface area contributed by atoms with Crippen molar-refractivity contribution in [3.63, 3.8) is 0 Å². The third kappa shape index (κ3) is 4.09.